The number of amidine groups is 1. The van der Waals surface area contributed by atoms with Crippen LogP contribution in [0.1, 0.15) is 27.2 Å². The molecule has 0 radical (unpaired) electrons. The summed E-state index contributed by atoms with van der Waals surface area (Å²) in [6.45, 7) is 6.83. The molecular weight excluding hydrogens is 194 g/mol. The van der Waals surface area contributed by atoms with E-state index in [0.717, 1.165) is 6.42 Å². The van der Waals surface area contributed by atoms with Crippen LogP contribution in [0.3, 0.4) is 0 Å². The molecule has 0 aromatic heterocycles. The van der Waals surface area contributed by atoms with E-state index in [0.29, 0.717) is 6.54 Å². The Morgan fingerprint density at radius 2 is 2.20 bits per heavy atom. The molecule has 1 atom stereocenters. The molecule has 1 fully saturated rings. The monoisotopic (exact) mass is 213 g/mol. The van der Waals surface area contributed by atoms with Crippen molar-refractivity contribution < 1.29 is 10.0 Å². The van der Waals surface area contributed by atoms with Crippen LogP contribution in [-0.2, 0) is 4.79 Å². The number of likely N-dealkylation sites (N-methyl/N-ethyl adjacent to an activating group) is 1. The van der Waals surface area contributed by atoms with E-state index < -0.39 is 0 Å². The van der Waals surface area contributed by atoms with Crippen molar-refractivity contribution in [3.8, 4) is 0 Å². The fraction of sp³-hybridized carbons (Fsp3) is 0.800. The highest BCUT2D eigenvalue weighted by molar-refractivity contribution is 5.89. The molecule has 86 valence electrons. The Bertz CT molecular complexity index is 286. The summed E-state index contributed by atoms with van der Waals surface area (Å²) >= 11 is 0. The number of hydrogen-bond donors (Lipinski definition) is 2. The van der Waals surface area contributed by atoms with Gasteiger partial charge in [0.25, 0.3) is 0 Å². The lowest BCUT2D eigenvalue weighted by Gasteiger charge is -2.20. The van der Waals surface area contributed by atoms with Crippen LogP contribution in [0.4, 0.5) is 0 Å². The molecular formula is C10H19N3O2. The number of nitrogens with zero attached hydrogens (tertiary/aromatic N) is 2. The number of nitrogens with two attached hydrogens (primary N) is 1. The summed E-state index contributed by atoms with van der Waals surface area (Å²) in [5, 5.41) is 11.3. The van der Waals surface area contributed by atoms with E-state index in [4.69, 9.17) is 10.9 Å². The first-order valence-corrected chi connectivity index (χ1v) is 5.17. The van der Waals surface area contributed by atoms with Crippen molar-refractivity contribution in [2.24, 2.45) is 22.2 Å². The second-order valence-electron chi connectivity index (χ2n) is 4.69. The molecule has 1 aliphatic rings. The molecule has 5 nitrogen and oxygen atoms in total. The molecule has 1 unspecified atom stereocenters. The van der Waals surface area contributed by atoms with Gasteiger partial charge in [0.05, 0.1) is 6.54 Å². The molecule has 0 bridgehead atoms. The maximum atomic E-state index is 11.9. The molecule has 0 aromatic carbocycles. The van der Waals surface area contributed by atoms with Crippen LogP contribution in [-0.4, -0.2) is 34.9 Å². The van der Waals surface area contributed by atoms with Crippen molar-refractivity contribution in [3.63, 3.8) is 0 Å². The number of carbonyl (C=O) groups is 1. The Kier molecular flexibility index (Phi) is 3.21. The topological polar surface area (TPSA) is 78.9 Å². The minimum atomic E-state index is 0.0728. The fourth-order valence-corrected chi connectivity index (χ4v) is 1.68. The SMILES string of the molecule is CCN(CC(N)=NO)C(=O)C1CC1(C)C. The lowest BCUT2D eigenvalue weighted by molar-refractivity contribution is -0.132. The van der Waals surface area contributed by atoms with Gasteiger partial charge in [-0.05, 0) is 18.8 Å². The predicted molar refractivity (Wildman–Crippen MR) is 57.6 cm³/mol. The third-order valence-electron chi connectivity index (χ3n) is 2.99. The summed E-state index contributed by atoms with van der Waals surface area (Å²) in [5.74, 6) is 0.279. The molecule has 0 saturated heterocycles. The van der Waals surface area contributed by atoms with Gasteiger partial charge in [-0.3, -0.25) is 4.79 Å². The second kappa shape index (κ2) is 4.08. The van der Waals surface area contributed by atoms with Crippen LogP contribution in [0.5, 0.6) is 0 Å². The van der Waals surface area contributed by atoms with Gasteiger partial charge in [0.2, 0.25) is 5.91 Å². The molecule has 1 aliphatic carbocycles. The van der Waals surface area contributed by atoms with Crippen LogP contribution in [0.25, 0.3) is 0 Å². The maximum Gasteiger partial charge on any atom is 0.226 e. The predicted octanol–water partition coefficient (Wildman–Crippen LogP) is 0.627. The fourth-order valence-electron chi connectivity index (χ4n) is 1.68. The van der Waals surface area contributed by atoms with Gasteiger partial charge in [0.1, 0.15) is 0 Å². The smallest absolute Gasteiger partial charge is 0.226 e. The van der Waals surface area contributed by atoms with Gasteiger partial charge in [0.15, 0.2) is 5.84 Å². The third kappa shape index (κ3) is 2.61. The zero-order chi connectivity index (χ0) is 11.6. The summed E-state index contributed by atoms with van der Waals surface area (Å²) in [6.07, 6.45) is 0.929. The number of rotatable bonds is 4. The lowest BCUT2D eigenvalue weighted by Crippen LogP contribution is -2.39. The van der Waals surface area contributed by atoms with E-state index >= 15 is 0 Å². The van der Waals surface area contributed by atoms with E-state index in [1.165, 1.54) is 0 Å². The summed E-state index contributed by atoms with van der Waals surface area (Å²) in [5.41, 5.74) is 5.50. The number of hydrogen-bond acceptors (Lipinski definition) is 3. The summed E-state index contributed by atoms with van der Waals surface area (Å²) in [6, 6.07) is 0. The minimum absolute atomic E-state index is 0.0728. The largest absolute Gasteiger partial charge is 0.409 e. The third-order valence-corrected chi connectivity index (χ3v) is 2.99. The van der Waals surface area contributed by atoms with E-state index in [-0.39, 0.29) is 29.6 Å². The van der Waals surface area contributed by atoms with E-state index in [1.807, 2.05) is 6.92 Å². The van der Waals surface area contributed by atoms with E-state index in [9.17, 15) is 4.79 Å². The van der Waals surface area contributed by atoms with Crippen LogP contribution in [0, 0.1) is 11.3 Å². The highest BCUT2D eigenvalue weighted by atomic mass is 16.4. The molecule has 1 amide bonds. The number of oxime groups is 1. The standard InChI is InChI=1S/C10H19N3O2/c1-4-13(6-8(11)12-15)9(14)7-5-10(7,2)3/h7,15H,4-6H2,1-3H3,(H2,11,12). The average Bonchev–Trinajstić information content (AvgIpc) is 2.82. The lowest BCUT2D eigenvalue weighted by atomic mass is 10.1. The van der Waals surface area contributed by atoms with Gasteiger partial charge in [0, 0.05) is 12.5 Å². The van der Waals surface area contributed by atoms with Crippen molar-refractivity contribution in [2.75, 3.05) is 13.1 Å². The quantitative estimate of drug-likeness (QED) is 0.311. The number of amides is 1. The highest BCUT2D eigenvalue weighted by Crippen LogP contribution is 2.52. The summed E-state index contributed by atoms with van der Waals surface area (Å²) in [7, 11) is 0. The molecule has 0 heterocycles. The molecule has 5 heteroatoms. The Hall–Kier alpha value is -1.26. The molecule has 0 aliphatic heterocycles. The Labute approximate surface area is 89.9 Å². The zero-order valence-electron chi connectivity index (χ0n) is 9.53. The van der Waals surface area contributed by atoms with Crippen molar-refractivity contribution >= 4 is 11.7 Å². The first-order valence-electron chi connectivity index (χ1n) is 5.17. The first kappa shape index (κ1) is 11.8. The molecule has 15 heavy (non-hydrogen) atoms. The van der Waals surface area contributed by atoms with E-state index in [1.54, 1.807) is 4.90 Å². The molecule has 3 N–H and O–H groups in total. The average molecular weight is 213 g/mol. The molecule has 1 rings (SSSR count). The van der Waals surface area contributed by atoms with Gasteiger partial charge in [-0.2, -0.15) is 0 Å². The number of carbonyl (C=O) groups excluding carboxylic acids is 1. The van der Waals surface area contributed by atoms with Gasteiger partial charge in [-0.1, -0.05) is 19.0 Å². The van der Waals surface area contributed by atoms with Gasteiger partial charge in [-0.25, -0.2) is 0 Å². The van der Waals surface area contributed by atoms with Crippen molar-refractivity contribution in [1.29, 1.82) is 0 Å². The van der Waals surface area contributed by atoms with Crippen molar-refractivity contribution in [1.82, 2.24) is 4.90 Å². The van der Waals surface area contributed by atoms with E-state index in [2.05, 4.69) is 19.0 Å². The first-order chi connectivity index (χ1) is 6.92. The van der Waals surface area contributed by atoms with Crippen molar-refractivity contribution in [2.45, 2.75) is 27.2 Å². The van der Waals surface area contributed by atoms with Gasteiger partial charge >= 0.3 is 0 Å². The van der Waals surface area contributed by atoms with Crippen LogP contribution in [0.15, 0.2) is 5.16 Å². The molecule has 0 aromatic rings. The highest BCUT2D eigenvalue weighted by Gasteiger charge is 2.51. The summed E-state index contributed by atoms with van der Waals surface area (Å²) in [4.78, 5) is 13.6. The maximum absolute atomic E-state index is 11.9. The Morgan fingerprint density at radius 1 is 1.67 bits per heavy atom. The van der Waals surface area contributed by atoms with Crippen LogP contribution >= 0.6 is 0 Å². The Morgan fingerprint density at radius 3 is 2.53 bits per heavy atom. The second-order valence-corrected chi connectivity index (χ2v) is 4.69. The van der Waals surface area contributed by atoms with Crippen LogP contribution < -0.4 is 5.73 Å². The summed E-state index contributed by atoms with van der Waals surface area (Å²) < 4.78 is 0. The molecule has 1 saturated carbocycles. The Balaban J connectivity index is 2.56. The van der Waals surface area contributed by atoms with Crippen molar-refractivity contribution in [3.05, 3.63) is 0 Å². The zero-order valence-corrected chi connectivity index (χ0v) is 9.53. The van der Waals surface area contributed by atoms with Crippen LogP contribution in [0.2, 0.25) is 0 Å². The minimum Gasteiger partial charge on any atom is -0.409 e. The molecule has 0 spiro atoms. The van der Waals surface area contributed by atoms with Gasteiger partial charge < -0.3 is 15.8 Å². The normalized spacial score (nSPS) is 23.7. The van der Waals surface area contributed by atoms with Gasteiger partial charge in [-0.15, -0.1) is 0 Å².